The highest BCUT2D eigenvalue weighted by molar-refractivity contribution is 7.18. The molecule has 0 saturated carbocycles. The van der Waals surface area contributed by atoms with Crippen molar-refractivity contribution in [1.29, 1.82) is 0 Å². The summed E-state index contributed by atoms with van der Waals surface area (Å²) < 4.78 is 5.22. The number of benzene rings is 3. The predicted octanol–water partition coefficient (Wildman–Crippen LogP) is 6.57. The minimum atomic E-state index is 0.820. The number of ether oxygens (including phenoxy) is 1. The fourth-order valence-electron chi connectivity index (χ4n) is 3.84. The van der Waals surface area contributed by atoms with Crippen LogP contribution in [0.5, 0.6) is 5.75 Å². The van der Waals surface area contributed by atoms with Crippen molar-refractivity contribution in [2.24, 2.45) is 0 Å². The van der Waals surface area contributed by atoms with Gasteiger partial charge in [-0.05, 0) is 65.6 Å². The van der Waals surface area contributed by atoms with Crippen LogP contribution in [0.4, 0.5) is 0 Å². The van der Waals surface area contributed by atoms with Crippen LogP contribution in [0.15, 0.2) is 78.9 Å². The van der Waals surface area contributed by atoms with E-state index in [1.165, 1.54) is 27.1 Å². The SMILES string of the molecule is COc1ccc(CNCc2cccc(-c3ccc(-c4nc5c(C)cccc5[nH]4)s3)c2)cc1. The zero-order valence-corrected chi connectivity index (χ0v) is 19.0. The molecule has 0 amide bonds. The van der Waals surface area contributed by atoms with Crippen LogP contribution in [-0.2, 0) is 13.1 Å². The first-order valence-corrected chi connectivity index (χ1v) is 11.5. The van der Waals surface area contributed by atoms with Gasteiger partial charge in [0.05, 0.1) is 23.0 Å². The van der Waals surface area contributed by atoms with Crippen molar-refractivity contribution in [1.82, 2.24) is 15.3 Å². The predicted molar refractivity (Wildman–Crippen MR) is 133 cm³/mol. The molecule has 0 fully saturated rings. The lowest BCUT2D eigenvalue weighted by Gasteiger charge is -2.07. The van der Waals surface area contributed by atoms with Crippen LogP contribution >= 0.6 is 11.3 Å². The molecule has 32 heavy (non-hydrogen) atoms. The van der Waals surface area contributed by atoms with Crippen LogP contribution in [0, 0.1) is 6.92 Å². The number of imidazole rings is 1. The Morgan fingerprint density at radius 1 is 0.875 bits per heavy atom. The van der Waals surface area contributed by atoms with Gasteiger partial charge in [0.1, 0.15) is 11.6 Å². The molecular weight excluding hydrogens is 414 g/mol. The van der Waals surface area contributed by atoms with E-state index >= 15 is 0 Å². The number of aromatic nitrogens is 2. The van der Waals surface area contributed by atoms with Gasteiger partial charge in [0.15, 0.2) is 0 Å². The molecule has 0 unspecified atom stereocenters. The maximum Gasteiger partial charge on any atom is 0.148 e. The van der Waals surface area contributed by atoms with Gasteiger partial charge >= 0.3 is 0 Å². The number of nitrogens with one attached hydrogen (secondary N) is 2. The average Bonchev–Trinajstić information content (AvgIpc) is 3.48. The van der Waals surface area contributed by atoms with E-state index in [1.54, 1.807) is 18.4 Å². The molecule has 0 bridgehead atoms. The average molecular weight is 440 g/mol. The maximum absolute atomic E-state index is 5.22. The van der Waals surface area contributed by atoms with Crippen LogP contribution in [-0.4, -0.2) is 17.1 Å². The Bertz CT molecular complexity index is 1350. The smallest absolute Gasteiger partial charge is 0.148 e. The summed E-state index contributed by atoms with van der Waals surface area (Å²) in [5, 5.41) is 3.53. The number of aromatic amines is 1. The Kier molecular flexibility index (Phi) is 5.75. The number of H-pyrrole nitrogens is 1. The van der Waals surface area contributed by atoms with E-state index in [2.05, 4.69) is 84.0 Å². The van der Waals surface area contributed by atoms with E-state index in [0.717, 1.165) is 40.6 Å². The molecule has 5 heteroatoms. The lowest BCUT2D eigenvalue weighted by molar-refractivity contribution is 0.414. The van der Waals surface area contributed by atoms with Crippen LogP contribution in [0.2, 0.25) is 0 Å². The number of hydrogen-bond acceptors (Lipinski definition) is 4. The fourth-order valence-corrected chi connectivity index (χ4v) is 4.79. The van der Waals surface area contributed by atoms with Crippen molar-refractivity contribution in [2.75, 3.05) is 7.11 Å². The fraction of sp³-hybridized carbons (Fsp3) is 0.148. The topological polar surface area (TPSA) is 49.9 Å². The molecule has 0 aliphatic rings. The van der Waals surface area contributed by atoms with Crippen LogP contribution in [0.3, 0.4) is 0 Å². The maximum atomic E-state index is 5.22. The molecule has 2 aromatic heterocycles. The second kappa shape index (κ2) is 8.99. The van der Waals surface area contributed by atoms with Crippen LogP contribution in [0.25, 0.3) is 32.2 Å². The van der Waals surface area contributed by atoms with Gasteiger partial charge < -0.3 is 15.0 Å². The van der Waals surface area contributed by atoms with Gasteiger partial charge in [-0.15, -0.1) is 11.3 Å². The van der Waals surface area contributed by atoms with Crippen molar-refractivity contribution in [3.05, 3.63) is 95.6 Å². The number of thiophene rings is 1. The Hall–Kier alpha value is -3.41. The molecule has 0 aliphatic heterocycles. The first-order valence-electron chi connectivity index (χ1n) is 10.7. The molecule has 0 aliphatic carbocycles. The van der Waals surface area contributed by atoms with E-state index in [0.29, 0.717) is 0 Å². The summed E-state index contributed by atoms with van der Waals surface area (Å²) in [4.78, 5) is 10.7. The summed E-state index contributed by atoms with van der Waals surface area (Å²) in [5.41, 5.74) is 7.06. The normalized spacial score (nSPS) is 11.2. The minimum absolute atomic E-state index is 0.820. The summed E-state index contributed by atoms with van der Waals surface area (Å²) in [5.74, 6) is 1.82. The highest BCUT2D eigenvalue weighted by Crippen LogP contribution is 2.34. The van der Waals surface area contributed by atoms with E-state index in [1.807, 2.05) is 12.1 Å². The van der Waals surface area contributed by atoms with Gasteiger partial charge in [-0.3, -0.25) is 0 Å². The number of para-hydroxylation sites is 1. The van der Waals surface area contributed by atoms with Gasteiger partial charge in [-0.1, -0.05) is 42.5 Å². The molecule has 2 N–H and O–H groups in total. The number of fused-ring (bicyclic) bond motifs is 1. The van der Waals surface area contributed by atoms with Gasteiger partial charge in [-0.2, -0.15) is 0 Å². The molecule has 5 rings (SSSR count). The van der Waals surface area contributed by atoms with Gasteiger partial charge in [0.25, 0.3) is 0 Å². The molecule has 0 atom stereocenters. The number of nitrogens with zero attached hydrogens (tertiary/aromatic N) is 1. The summed E-state index contributed by atoms with van der Waals surface area (Å²) in [6.45, 7) is 3.74. The number of rotatable bonds is 7. The molecule has 4 nitrogen and oxygen atoms in total. The van der Waals surface area contributed by atoms with Crippen molar-refractivity contribution in [3.8, 4) is 26.9 Å². The molecule has 5 aromatic rings. The third-order valence-corrected chi connectivity index (χ3v) is 6.72. The number of hydrogen-bond donors (Lipinski definition) is 2. The Labute approximate surface area is 191 Å². The Morgan fingerprint density at radius 2 is 1.66 bits per heavy atom. The zero-order chi connectivity index (χ0) is 21.9. The second-order valence-corrected chi connectivity index (χ2v) is 8.96. The molecule has 0 radical (unpaired) electrons. The molecule has 160 valence electrons. The van der Waals surface area contributed by atoms with E-state index in [4.69, 9.17) is 9.72 Å². The lowest BCUT2D eigenvalue weighted by atomic mass is 10.1. The van der Waals surface area contributed by atoms with Crippen molar-refractivity contribution in [3.63, 3.8) is 0 Å². The zero-order valence-electron chi connectivity index (χ0n) is 18.2. The summed E-state index contributed by atoms with van der Waals surface area (Å²) in [6.07, 6.45) is 0. The van der Waals surface area contributed by atoms with Crippen molar-refractivity contribution >= 4 is 22.4 Å². The van der Waals surface area contributed by atoms with Gasteiger partial charge in [0.2, 0.25) is 0 Å². The summed E-state index contributed by atoms with van der Waals surface area (Å²) in [7, 11) is 1.69. The van der Waals surface area contributed by atoms with Crippen molar-refractivity contribution in [2.45, 2.75) is 20.0 Å². The standard InChI is InChI=1S/C27H25N3OS/c1-18-5-3-8-23-26(18)30-27(29-23)25-14-13-24(32-25)21-7-4-6-20(15-21)17-28-16-19-9-11-22(31-2)12-10-19/h3-15,28H,16-17H2,1-2H3,(H,29,30). The third kappa shape index (κ3) is 4.31. The first-order chi connectivity index (χ1) is 15.7. The highest BCUT2D eigenvalue weighted by atomic mass is 32.1. The second-order valence-electron chi connectivity index (χ2n) is 7.87. The van der Waals surface area contributed by atoms with Crippen molar-refractivity contribution < 1.29 is 4.74 Å². The van der Waals surface area contributed by atoms with E-state index in [9.17, 15) is 0 Å². The quantitative estimate of drug-likeness (QED) is 0.302. The molecule has 0 spiro atoms. The van der Waals surface area contributed by atoms with Crippen LogP contribution < -0.4 is 10.1 Å². The number of aryl methyl sites for hydroxylation is 1. The Morgan fingerprint density at radius 3 is 2.47 bits per heavy atom. The molecule has 0 saturated heterocycles. The molecule has 3 aromatic carbocycles. The monoisotopic (exact) mass is 439 g/mol. The first kappa shape index (κ1) is 20.5. The van der Waals surface area contributed by atoms with Crippen LogP contribution in [0.1, 0.15) is 16.7 Å². The Balaban J connectivity index is 1.29. The minimum Gasteiger partial charge on any atom is -0.497 e. The molecular formula is C27H25N3OS. The lowest BCUT2D eigenvalue weighted by Crippen LogP contribution is -2.12. The van der Waals surface area contributed by atoms with E-state index in [-0.39, 0.29) is 0 Å². The van der Waals surface area contributed by atoms with Gasteiger partial charge in [0, 0.05) is 18.0 Å². The summed E-state index contributed by atoms with van der Waals surface area (Å²) in [6, 6.07) is 27.5. The third-order valence-electron chi connectivity index (χ3n) is 5.58. The number of methoxy groups -OCH3 is 1. The largest absolute Gasteiger partial charge is 0.497 e. The molecule has 2 heterocycles. The summed E-state index contributed by atoms with van der Waals surface area (Å²) >= 11 is 1.77. The van der Waals surface area contributed by atoms with Gasteiger partial charge in [-0.25, -0.2) is 4.98 Å². The highest BCUT2D eigenvalue weighted by Gasteiger charge is 2.11. The van der Waals surface area contributed by atoms with E-state index < -0.39 is 0 Å².